The highest BCUT2D eigenvalue weighted by Gasteiger charge is 2.17. The van der Waals surface area contributed by atoms with Crippen LogP contribution in [0.5, 0.6) is 0 Å². The molecule has 1 atom stereocenters. The number of carbonyl (C=O) groups excluding carboxylic acids is 1. The summed E-state index contributed by atoms with van der Waals surface area (Å²) in [4.78, 5) is 12.7. The van der Waals surface area contributed by atoms with E-state index in [4.69, 9.17) is 4.42 Å². The van der Waals surface area contributed by atoms with Crippen molar-refractivity contribution in [3.05, 3.63) is 64.6 Å². The first-order valence-electron chi connectivity index (χ1n) is 9.33. The Kier molecular flexibility index (Phi) is 5.54. The van der Waals surface area contributed by atoms with E-state index >= 15 is 0 Å². The fourth-order valence-electron chi connectivity index (χ4n) is 3.41. The number of hydrogen-bond acceptors (Lipinski definition) is 3. The lowest BCUT2D eigenvalue weighted by molar-refractivity contribution is 0.0945. The zero-order valence-electron chi connectivity index (χ0n) is 16.7. The summed E-state index contributed by atoms with van der Waals surface area (Å²) >= 11 is 0. The Bertz CT molecular complexity index is 919. The van der Waals surface area contributed by atoms with Crippen LogP contribution < -0.4 is 5.32 Å². The topological polar surface area (TPSA) is 65.0 Å². The Morgan fingerprint density at radius 3 is 2.63 bits per heavy atom. The molecule has 144 valence electrons. The van der Waals surface area contributed by atoms with Crippen LogP contribution in [0, 0.1) is 33.6 Å². The van der Waals surface area contributed by atoms with Gasteiger partial charge in [-0.2, -0.15) is 5.10 Å². The first kappa shape index (κ1) is 19.0. The molecular formula is C21H28N4O2. The Morgan fingerprint density at radius 1 is 1.22 bits per heavy atom. The highest BCUT2D eigenvalue weighted by molar-refractivity contribution is 5.95. The molecule has 3 rings (SSSR count). The van der Waals surface area contributed by atoms with Gasteiger partial charge in [0.1, 0.15) is 5.76 Å². The van der Waals surface area contributed by atoms with Gasteiger partial charge in [0.05, 0.1) is 24.1 Å². The molecule has 0 radical (unpaired) electrons. The molecule has 0 aliphatic rings. The Labute approximate surface area is 160 Å². The van der Waals surface area contributed by atoms with Gasteiger partial charge in [0.15, 0.2) is 0 Å². The third-order valence-electron chi connectivity index (χ3n) is 4.91. The van der Waals surface area contributed by atoms with Gasteiger partial charge in [-0.3, -0.25) is 9.48 Å². The van der Waals surface area contributed by atoms with Crippen molar-refractivity contribution in [1.82, 2.24) is 19.7 Å². The van der Waals surface area contributed by atoms with Crippen LogP contribution in [0.1, 0.15) is 45.8 Å². The van der Waals surface area contributed by atoms with E-state index in [0.717, 1.165) is 40.6 Å². The van der Waals surface area contributed by atoms with Crippen molar-refractivity contribution in [2.24, 2.45) is 5.92 Å². The minimum atomic E-state index is -0.0333. The molecule has 3 heterocycles. The maximum Gasteiger partial charge on any atom is 0.253 e. The van der Waals surface area contributed by atoms with Gasteiger partial charge >= 0.3 is 0 Å². The molecule has 0 aliphatic heterocycles. The van der Waals surface area contributed by atoms with Crippen molar-refractivity contribution < 1.29 is 9.21 Å². The van der Waals surface area contributed by atoms with Crippen LogP contribution in [0.15, 0.2) is 34.9 Å². The van der Waals surface area contributed by atoms with Gasteiger partial charge in [0, 0.05) is 30.2 Å². The summed E-state index contributed by atoms with van der Waals surface area (Å²) in [7, 11) is 0. The molecular weight excluding hydrogens is 340 g/mol. The first-order valence-corrected chi connectivity index (χ1v) is 9.33. The van der Waals surface area contributed by atoms with Crippen LogP contribution in [0.4, 0.5) is 0 Å². The molecule has 6 heteroatoms. The third-order valence-corrected chi connectivity index (χ3v) is 4.91. The zero-order valence-corrected chi connectivity index (χ0v) is 16.7. The number of aromatic nitrogens is 3. The normalized spacial score (nSPS) is 12.3. The molecule has 3 aromatic rings. The molecule has 0 spiro atoms. The monoisotopic (exact) mass is 368 g/mol. The molecule has 0 fully saturated rings. The fraction of sp³-hybridized carbons (Fsp3) is 0.429. The first-order chi connectivity index (χ1) is 12.8. The number of furan rings is 1. The number of carbonyl (C=O) groups is 1. The maximum absolute atomic E-state index is 12.7. The van der Waals surface area contributed by atoms with Gasteiger partial charge in [-0.05, 0) is 57.9 Å². The highest BCUT2D eigenvalue weighted by atomic mass is 16.3. The zero-order chi connectivity index (χ0) is 19.6. The molecule has 1 amide bonds. The minimum absolute atomic E-state index is 0.0333. The second-order valence-corrected chi connectivity index (χ2v) is 7.37. The van der Waals surface area contributed by atoms with E-state index in [1.54, 1.807) is 6.26 Å². The number of hydrogen-bond donors (Lipinski definition) is 1. The quantitative estimate of drug-likeness (QED) is 0.693. The van der Waals surface area contributed by atoms with E-state index in [0.29, 0.717) is 19.0 Å². The van der Waals surface area contributed by atoms with Crippen LogP contribution in [0.3, 0.4) is 0 Å². The van der Waals surface area contributed by atoms with Crippen LogP contribution in [-0.2, 0) is 13.1 Å². The average molecular weight is 368 g/mol. The molecule has 1 unspecified atom stereocenters. The predicted octanol–water partition coefficient (Wildman–Crippen LogP) is 3.63. The van der Waals surface area contributed by atoms with Gasteiger partial charge in [-0.15, -0.1) is 0 Å². The standard InChI is InChI=1S/C21H28N4O2/c1-14(12-25-17(4)9-15(2)23-25)11-22-21(26)20-10-16(3)24(18(20)5)13-19-7-6-8-27-19/h6-10,14H,11-13H2,1-5H3,(H,22,26). The SMILES string of the molecule is Cc1cc(C)n(CC(C)CNC(=O)c2cc(C)n(Cc3ccco3)c2C)n1. The molecule has 0 saturated heterocycles. The summed E-state index contributed by atoms with van der Waals surface area (Å²) in [6.07, 6.45) is 1.67. The van der Waals surface area contributed by atoms with E-state index in [1.165, 1.54) is 0 Å². The van der Waals surface area contributed by atoms with Crippen molar-refractivity contribution in [3.8, 4) is 0 Å². The van der Waals surface area contributed by atoms with Crippen LogP contribution in [0.2, 0.25) is 0 Å². The average Bonchev–Trinajstić information content (AvgIpc) is 3.30. The lowest BCUT2D eigenvalue weighted by Gasteiger charge is -2.14. The van der Waals surface area contributed by atoms with E-state index in [-0.39, 0.29) is 5.91 Å². The molecule has 0 saturated carbocycles. The largest absolute Gasteiger partial charge is 0.467 e. The van der Waals surface area contributed by atoms with Crippen molar-refractivity contribution in [2.75, 3.05) is 6.54 Å². The highest BCUT2D eigenvalue weighted by Crippen LogP contribution is 2.17. The summed E-state index contributed by atoms with van der Waals surface area (Å²) in [5, 5.41) is 7.56. The number of nitrogens with one attached hydrogen (secondary N) is 1. The molecule has 1 N–H and O–H groups in total. The smallest absolute Gasteiger partial charge is 0.253 e. The molecule has 0 aromatic carbocycles. The minimum Gasteiger partial charge on any atom is -0.467 e. The van der Waals surface area contributed by atoms with E-state index < -0.39 is 0 Å². The van der Waals surface area contributed by atoms with Gasteiger partial charge in [0.2, 0.25) is 0 Å². The Morgan fingerprint density at radius 2 is 2.00 bits per heavy atom. The number of amides is 1. The van der Waals surface area contributed by atoms with Gasteiger partial charge in [-0.25, -0.2) is 0 Å². The van der Waals surface area contributed by atoms with Gasteiger partial charge in [-0.1, -0.05) is 6.92 Å². The molecule has 3 aromatic heterocycles. The van der Waals surface area contributed by atoms with Crippen molar-refractivity contribution in [1.29, 1.82) is 0 Å². The number of nitrogens with zero attached hydrogens (tertiary/aromatic N) is 3. The summed E-state index contributed by atoms with van der Waals surface area (Å²) < 4.78 is 9.54. The second-order valence-electron chi connectivity index (χ2n) is 7.37. The molecule has 27 heavy (non-hydrogen) atoms. The third kappa shape index (κ3) is 4.32. The van der Waals surface area contributed by atoms with Gasteiger partial charge in [0.25, 0.3) is 5.91 Å². The van der Waals surface area contributed by atoms with E-state index in [2.05, 4.69) is 34.9 Å². The predicted molar refractivity (Wildman–Crippen MR) is 105 cm³/mol. The summed E-state index contributed by atoms with van der Waals surface area (Å²) in [6.45, 7) is 12.2. The van der Waals surface area contributed by atoms with Crippen LogP contribution in [0.25, 0.3) is 0 Å². The summed E-state index contributed by atoms with van der Waals surface area (Å²) in [5.74, 6) is 1.13. The molecule has 6 nitrogen and oxygen atoms in total. The fourth-order valence-corrected chi connectivity index (χ4v) is 3.41. The molecule has 0 aliphatic carbocycles. The van der Waals surface area contributed by atoms with E-state index in [1.807, 2.05) is 43.7 Å². The van der Waals surface area contributed by atoms with Crippen molar-refractivity contribution >= 4 is 5.91 Å². The van der Waals surface area contributed by atoms with Crippen LogP contribution >= 0.6 is 0 Å². The van der Waals surface area contributed by atoms with Crippen LogP contribution in [-0.4, -0.2) is 26.8 Å². The van der Waals surface area contributed by atoms with Crippen molar-refractivity contribution in [2.45, 2.75) is 47.7 Å². The van der Waals surface area contributed by atoms with E-state index in [9.17, 15) is 4.79 Å². The number of aryl methyl sites for hydroxylation is 3. The Hall–Kier alpha value is -2.76. The summed E-state index contributed by atoms with van der Waals surface area (Å²) in [6, 6.07) is 7.83. The lowest BCUT2D eigenvalue weighted by Crippen LogP contribution is -2.30. The van der Waals surface area contributed by atoms with Crippen molar-refractivity contribution in [3.63, 3.8) is 0 Å². The van der Waals surface area contributed by atoms with Gasteiger partial charge < -0.3 is 14.3 Å². The maximum atomic E-state index is 12.7. The number of rotatable bonds is 7. The molecule has 0 bridgehead atoms. The second kappa shape index (κ2) is 7.86. The Balaban J connectivity index is 1.61. The summed E-state index contributed by atoms with van der Waals surface area (Å²) in [5.41, 5.74) is 4.88. The lowest BCUT2D eigenvalue weighted by atomic mass is 10.1.